The highest BCUT2D eigenvalue weighted by Crippen LogP contribution is 2.29. The Morgan fingerprint density at radius 3 is 2.00 bits per heavy atom. The van der Waals surface area contributed by atoms with Crippen molar-refractivity contribution in [2.24, 2.45) is 0 Å². The largest absolute Gasteiger partial charge is 0.497 e. The van der Waals surface area contributed by atoms with Crippen LogP contribution < -0.4 is 15.8 Å². The van der Waals surface area contributed by atoms with Gasteiger partial charge in [0.1, 0.15) is 11.6 Å². The maximum Gasteiger partial charge on any atom is 0.232 e. The second-order valence-electron chi connectivity index (χ2n) is 8.82. The highest BCUT2D eigenvalue weighted by atomic mass is 16.5. The van der Waals surface area contributed by atoms with E-state index >= 15 is 0 Å². The molecule has 1 fully saturated rings. The molecule has 2 heterocycles. The van der Waals surface area contributed by atoms with Crippen LogP contribution in [0.15, 0.2) is 84.9 Å². The molecule has 0 amide bonds. The van der Waals surface area contributed by atoms with Crippen molar-refractivity contribution >= 4 is 17.6 Å². The lowest BCUT2D eigenvalue weighted by molar-refractivity contribution is 0.103. The van der Waals surface area contributed by atoms with Crippen LogP contribution in [-0.2, 0) is 6.54 Å². The zero-order valence-corrected chi connectivity index (χ0v) is 20.4. The summed E-state index contributed by atoms with van der Waals surface area (Å²) in [7, 11) is 1.64. The second-order valence-corrected chi connectivity index (χ2v) is 8.82. The number of nitrogen functional groups attached to an aromatic ring is 1. The van der Waals surface area contributed by atoms with Crippen molar-refractivity contribution in [2.75, 3.05) is 44.3 Å². The molecule has 3 N–H and O–H groups in total. The Morgan fingerprint density at radius 2 is 1.42 bits per heavy atom. The number of hydrogen-bond acceptors (Lipinski definition) is 8. The molecule has 184 valence electrons. The van der Waals surface area contributed by atoms with Crippen LogP contribution in [0, 0.1) is 0 Å². The van der Waals surface area contributed by atoms with Gasteiger partial charge < -0.3 is 15.8 Å². The van der Waals surface area contributed by atoms with E-state index in [1.54, 1.807) is 7.11 Å². The highest BCUT2D eigenvalue weighted by molar-refractivity contribution is 5.55. The fourth-order valence-corrected chi connectivity index (χ4v) is 4.63. The Bertz CT molecular complexity index is 1200. The Labute approximate surface area is 211 Å². The number of aromatic nitrogens is 3. The summed E-state index contributed by atoms with van der Waals surface area (Å²) in [5.74, 6) is 2.10. The summed E-state index contributed by atoms with van der Waals surface area (Å²) < 4.78 is 5.22. The van der Waals surface area contributed by atoms with Crippen LogP contribution >= 0.6 is 0 Å². The van der Waals surface area contributed by atoms with Gasteiger partial charge in [-0.2, -0.15) is 15.0 Å². The van der Waals surface area contributed by atoms with Crippen molar-refractivity contribution in [1.29, 1.82) is 0 Å². The van der Waals surface area contributed by atoms with Crippen molar-refractivity contribution < 1.29 is 4.74 Å². The van der Waals surface area contributed by atoms with E-state index in [-0.39, 0.29) is 12.0 Å². The molecule has 5 rings (SSSR count). The number of methoxy groups -OCH3 is 1. The van der Waals surface area contributed by atoms with Gasteiger partial charge in [-0.25, -0.2) is 0 Å². The van der Waals surface area contributed by atoms with E-state index in [0.29, 0.717) is 18.3 Å². The Morgan fingerprint density at radius 1 is 0.806 bits per heavy atom. The van der Waals surface area contributed by atoms with Gasteiger partial charge in [-0.3, -0.25) is 9.80 Å². The van der Waals surface area contributed by atoms with Gasteiger partial charge in [0.2, 0.25) is 11.9 Å². The number of piperazine rings is 1. The van der Waals surface area contributed by atoms with Crippen LogP contribution in [0.25, 0.3) is 0 Å². The molecule has 3 aromatic carbocycles. The topological polar surface area (TPSA) is 92.4 Å². The number of hydrogen-bond donors (Lipinski definition) is 2. The minimum Gasteiger partial charge on any atom is -0.497 e. The first-order valence-electron chi connectivity index (χ1n) is 12.2. The summed E-state index contributed by atoms with van der Waals surface area (Å²) in [5, 5.41) is 3.21. The molecule has 0 aliphatic carbocycles. The lowest BCUT2D eigenvalue weighted by Crippen LogP contribution is -2.47. The molecular formula is C28H31N7O. The zero-order chi connectivity index (χ0) is 24.7. The van der Waals surface area contributed by atoms with Crippen molar-refractivity contribution in [3.63, 3.8) is 0 Å². The van der Waals surface area contributed by atoms with Gasteiger partial charge in [0, 0.05) is 31.9 Å². The average molecular weight is 482 g/mol. The van der Waals surface area contributed by atoms with Gasteiger partial charge in [-0.1, -0.05) is 60.7 Å². The third-order valence-corrected chi connectivity index (χ3v) is 6.41. The first-order chi connectivity index (χ1) is 17.7. The molecule has 1 aliphatic rings. The summed E-state index contributed by atoms with van der Waals surface area (Å²) in [5.41, 5.74) is 9.49. The number of rotatable bonds is 8. The van der Waals surface area contributed by atoms with Crippen LogP contribution in [-0.4, -0.2) is 58.0 Å². The van der Waals surface area contributed by atoms with E-state index in [2.05, 4.69) is 90.7 Å². The Hall–Kier alpha value is -4.01. The average Bonchev–Trinajstić information content (AvgIpc) is 2.91. The van der Waals surface area contributed by atoms with Crippen molar-refractivity contribution in [3.05, 3.63) is 102 Å². The fourth-order valence-electron chi connectivity index (χ4n) is 4.63. The Balaban J connectivity index is 1.25. The second kappa shape index (κ2) is 11.2. The predicted octanol–water partition coefficient (Wildman–Crippen LogP) is 4.11. The molecule has 4 aromatic rings. The first-order valence-corrected chi connectivity index (χ1v) is 12.2. The minimum absolute atomic E-state index is 0.211. The third kappa shape index (κ3) is 5.79. The molecule has 0 radical (unpaired) electrons. The number of anilines is 3. The molecule has 0 unspecified atom stereocenters. The van der Waals surface area contributed by atoms with E-state index in [9.17, 15) is 0 Å². The van der Waals surface area contributed by atoms with E-state index in [4.69, 9.17) is 10.5 Å². The number of ether oxygens (including phenoxy) is 1. The van der Waals surface area contributed by atoms with Crippen molar-refractivity contribution in [1.82, 2.24) is 24.8 Å². The van der Waals surface area contributed by atoms with Gasteiger partial charge >= 0.3 is 0 Å². The lowest BCUT2D eigenvalue weighted by atomic mass is 9.96. The highest BCUT2D eigenvalue weighted by Gasteiger charge is 2.26. The van der Waals surface area contributed by atoms with E-state index in [1.807, 2.05) is 24.3 Å². The standard InChI is InChI=1S/C28H31N7O/c1-36-24-14-12-23(13-15-24)30-28-32-25(31-27(29)33-28)20-34-16-18-35(19-17-34)26(21-8-4-2-5-9-21)22-10-6-3-7-11-22/h2-15,26H,16-20H2,1H3,(H3,29,30,31,32,33). The smallest absolute Gasteiger partial charge is 0.232 e. The van der Waals surface area contributed by atoms with Crippen LogP contribution in [0.1, 0.15) is 23.0 Å². The summed E-state index contributed by atoms with van der Waals surface area (Å²) in [6, 6.07) is 29.3. The Kier molecular flexibility index (Phi) is 7.35. The molecule has 0 saturated carbocycles. The number of nitrogens with zero attached hydrogens (tertiary/aromatic N) is 5. The molecule has 0 bridgehead atoms. The summed E-state index contributed by atoms with van der Waals surface area (Å²) in [6.45, 7) is 4.36. The van der Waals surface area contributed by atoms with Gasteiger partial charge in [-0.15, -0.1) is 0 Å². The molecule has 0 atom stereocenters. The number of benzene rings is 3. The zero-order valence-electron chi connectivity index (χ0n) is 20.4. The first kappa shape index (κ1) is 23.7. The molecule has 8 heteroatoms. The number of nitrogens with two attached hydrogens (primary N) is 1. The summed E-state index contributed by atoms with van der Waals surface area (Å²) in [6.07, 6.45) is 0. The molecule has 0 spiro atoms. The van der Waals surface area contributed by atoms with Gasteiger partial charge in [0.25, 0.3) is 0 Å². The maximum absolute atomic E-state index is 6.01. The van der Waals surface area contributed by atoms with E-state index < -0.39 is 0 Å². The maximum atomic E-state index is 6.01. The van der Waals surface area contributed by atoms with Crippen LogP contribution in [0.2, 0.25) is 0 Å². The monoisotopic (exact) mass is 481 g/mol. The van der Waals surface area contributed by atoms with E-state index in [1.165, 1.54) is 11.1 Å². The molecule has 1 saturated heterocycles. The predicted molar refractivity (Wildman–Crippen MR) is 142 cm³/mol. The SMILES string of the molecule is COc1ccc(Nc2nc(N)nc(CN3CCN(C(c4ccccc4)c4ccccc4)CC3)n2)cc1. The summed E-state index contributed by atoms with van der Waals surface area (Å²) in [4.78, 5) is 18.2. The molecular weight excluding hydrogens is 450 g/mol. The molecule has 8 nitrogen and oxygen atoms in total. The quantitative estimate of drug-likeness (QED) is 0.388. The third-order valence-electron chi connectivity index (χ3n) is 6.41. The van der Waals surface area contributed by atoms with Crippen LogP contribution in [0.5, 0.6) is 5.75 Å². The van der Waals surface area contributed by atoms with Gasteiger partial charge in [0.15, 0.2) is 0 Å². The normalized spacial score (nSPS) is 14.6. The van der Waals surface area contributed by atoms with Gasteiger partial charge in [0.05, 0.1) is 19.7 Å². The summed E-state index contributed by atoms with van der Waals surface area (Å²) >= 11 is 0. The molecule has 1 aromatic heterocycles. The lowest BCUT2D eigenvalue weighted by Gasteiger charge is -2.39. The van der Waals surface area contributed by atoms with Crippen LogP contribution in [0.4, 0.5) is 17.6 Å². The fraction of sp³-hybridized carbons (Fsp3) is 0.250. The molecule has 36 heavy (non-hydrogen) atoms. The number of nitrogens with one attached hydrogen (secondary N) is 1. The van der Waals surface area contributed by atoms with Crippen molar-refractivity contribution in [3.8, 4) is 5.75 Å². The van der Waals surface area contributed by atoms with Gasteiger partial charge in [-0.05, 0) is 35.4 Å². The van der Waals surface area contributed by atoms with Crippen molar-refractivity contribution in [2.45, 2.75) is 12.6 Å². The minimum atomic E-state index is 0.211. The van der Waals surface area contributed by atoms with Crippen LogP contribution in [0.3, 0.4) is 0 Å². The molecule has 1 aliphatic heterocycles. The van der Waals surface area contributed by atoms with E-state index in [0.717, 1.165) is 37.6 Å².